The highest BCUT2D eigenvalue weighted by atomic mass is 35.5. The molecule has 0 radical (unpaired) electrons. The molecule has 1 aromatic heterocycles. The molecule has 0 saturated carbocycles. The highest BCUT2D eigenvalue weighted by molar-refractivity contribution is 6.39. The lowest BCUT2D eigenvalue weighted by molar-refractivity contribution is -0.146. The van der Waals surface area contributed by atoms with Gasteiger partial charge in [0.1, 0.15) is 12.6 Å². The van der Waals surface area contributed by atoms with Crippen LogP contribution in [0.2, 0.25) is 10.0 Å². The largest absolute Gasteiger partial charge is 0.463 e. The molecule has 1 N–H and O–H groups in total. The molecule has 1 atom stereocenters. The Kier molecular flexibility index (Phi) is 10.5. The summed E-state index contributed by atoms with van der Waals surface area (Å²) in [6.45, 7) is 4.56. The summed E-state index contributed by atoms with van der Waals surface area (Å²) >= 11 is 12.4. The number of benzene rings is 2. The average Bonchev–Trinajstić information content (AvgIpc) is 2.96. The summed E-state index contributed by atoms with van der Waals surface area (Å²) in [5.74, 6) is -1.40. The minimum Gasteiger partial charge on any atom is -0.463 e. The van der Waals surface area contributed by atoms with Crippen molar-refractivity contribution in [3.8, 4) is 11.1 Å². The SMILES string of the molecule is Cc1cc(C(F)(F)F)c(-c2ccc(C[C@H](NC(=O)c3c(Cl)cccc3Cl)C(=O)OCCN3CCOCC3)cc2)c(=O)n1C. The summed E-state index contributed by atoms with van der Waals surface area (Å²) in [6, 6.07) is 10.1. The van der Waals surface area contributed by atoms with Crippen LogP contribution in [0.25, 0.3) is 11.1 Å². The zero-order valence-corrected chi connectivity index (χ0v) is 25.0. The van der Waals surface area contributed by atoms with Crippen LogP contribution in [-0.2, 0) is 33.9 Å². The minimum absolute atomic E-state index is 0.0119. The average molecular weight is 640 g/mol. The number of aromatic nitrogens is 1. The highest BCUT2D eigenvalue weighted by Gasteiger charge is 2.36. The summed E-state index contributed by atoms with van der Waals surface area (Å²) in [5.41, 5.74) is -1.58. The zero-order chi connectivity index (χ0) is 31.3. The maximum absolute atomic E-state index is 13.8. The lowest BCUT2D eigenvalue weighted by Gasteiger charge is -2.26. The molecule has 8 nitrogen and oxygen atoms in total. The molecule has 0 unspecified atom stereocenters. The fourth-order valence-corrected chi connectivity index (χ4v) is 5.27. The first-order chi connectivity index (χ1) is 20.4. The van der Waals surface area contributed by atoms with E-state index >= 15 is 0 Å². The van der Waals surface area contributed by atoms with Crippen LogP contribution in [0.15, 0.2) is 53.3 Å². The summed E-state index contributed by atoms with van der Waals surface area (Å²) in [6.07, 6.45) is -4.80. The van der Waals surface area contributed by atoms with Crippen molar-refractivity contribution in [2.24, 2.45) is 7.05 Å². The Bertz CT molecular complexity index is 1520. The lowest BCUT2D eigenvalue weighted by Crippen LogP contribution is -2.44. The van der Waals surface area contributed by atoms with Crippen molar-refractivity contribution in [2.45, 2.75) is 25.6 Å². The number of esters is 1. The standard InChI is InChI=1S/C30H30Cl2F3N3O5/c1-18-16-21(30(33,34)35)25(28(40)37(18)2)20-8-6-19(7-9-20)17-24(29(41)43-15-12-38-10-13-42-14-11-38)36-27(39)26-22(31)4-3-5-23(26)32/h3-9,16,24H,10-15,17H2,1-2H3,(H,36,39)/t24-/m0/s1. The fourth-order valence-electron chi connectivity index (χ4n) is 4.71. The number of aryl methyl sites for hydroxylation is 1. The van der Waals surface area contributed by atoms with Crippen molar-refractivity contribution in [1.29, 1.82) is 0 Å². The molecule has 0 aliphatic carbocycles. The smallest absolute Gasteiger partial charge is 0.417 e. The number of nitrogens with one attached hydrogen (secondary N) is 1. The maximum atomic E-state index is 13.8. The number of alkyl halides is 3. The van der Waals surface area contributed by atoms with Crippen molar-refractivity contribution >= 4 is 35.1 Å². The van der Waals surface area contributed by atoms with E-state index in [1.165, 1.54) is 50.4 Å². The predicted molar refractivity (Wildman–Crippen MR) is 156 cm³/mol. The molecule has 1 fully saturated rings. The molecule has 2 aromatic carbocycles. The van der Waals surface area contributed by atoms with Gasteiger partial charge < -0.3 is 19.4 Å². The second-order valence-electron chi connectivity index (χ2n) is 10.1. The Morgan fingerprint density at radius 1 is 1.07 bits per heavy atom. The highest BCUT2D eigenvalue weighted by Crippen LogP contribution is 2.36. The Labute approximate surface area is 256 Å². The van der Waals surface area contributed by atoms with E-state index in [9.17, 15) is 27.6 Å². The van der Waals surface area contributed by atoms with Gasteiger partial charge in [-0.15, -0.1) is 0 Å². The van der Waals surface area contributed by atoms with Crippen LogP contribution in [0.5, 0.6) is 0 Å². The van der Waals surface area contributed by atoms with E-state index in [0.717, 1.165) is 10.6 Å². The van der Waals surface area contributed by atoms with Crippen molar-refractivity contribution in [3.05, 3.63) is 91.3 Å². The van der Waals surface area contributed by atoms with Crippen LogP contribution in [0.1, 0.15) is 27.2 Å². The molecular formula is C30H30Cl2F3N3O5. The van der Waals surface area contributed by atoms with Crippen molar-refractivity contribution in [1.82, 2.24) is 14.8 Å². The topological polar surface area (TPSA) is 89.9 Å². The van der Waals surface area contributed by atoms with E-state index in [-0.39, 0.29) is 39.9 Å². The molecule has 230 valence electrons. The molecular weight excluding hydrogens is 610 g/mol. The number of hydrogen-bond acceptors (Lipinski definition) is 6. The normalized spacial score (nSPS) is 14.8. The first-order valence-electron chi connectivity index (χ1n) is 13.5. The Morgan fingerprint density at radius 3 is 2.30 bits per heavy atom. The molecule has 1 aliphatic heterocycles. The van der Waals surface area contributed by atoms with Gasteiger partial charge in [-0.1, -0.05) is 53.5 Å². The van der Waals surface area contributed by atoms with Gasteiger partial charge in [-0.05, 0) is 36.2 Å². The van der Waals surface area contributed by atoms with Gasteiger partial charge in [-0.3, -0.25) is 14.5 Å². The number of rotatable bonds is 9. The van der Waals surface area contributed by atoms with Gasteiger partial charge in [-0.2, -0.15) is 13.2 Å². The maximum Gasteiger partial charge on any atom is 0.417 e. The summed E-state index contributed by atoms with van der Waals surface area (Å²) in [5, 5.41) is 2.81. The fraction of sp³-hybridized carbons (Fsp3) is 0.367. The van der Waals surface area contributed by atoms with Crippen LogP contribution >= 0.6 is 23.2 Å². The Morgan fingerprint density at radius 2 is 1.70 bits per heavy atom. The number of hydrogen-bond donors (Lipinski definition) is 1. The third kappa shape index (κ3) is 7.97. The number of carbonyl (C=O) groups is 2. The van der Waals surface area contributed by atoms with E-state index < -0.39 is 40.8 Å². The van der Waals surface area contributed by atoms with Gasteiger partial charge in [0, 0.05) is 38.8 Å². The number of pyridine rings is 1. The first-order valence-corrected chi connectivity index (χ1v) is 14.2. The molecule has 2 heterocycles. The summed E-state index contributed by atoms with van der Waals surface area (Å²) in [4.78, 5) is 41.2. The molecule has 0 bridgehead atoms. The van der Waals surface area contributed by atoms with Gasteiger partial charge in [-0.25, -0.2) is 4.79 Å². The predicted octanol–water partition coefficient (Wildman–Crippen LogP) is 4.90. The van der Waals surface area contributed by atoms with Crippen LogP contribution in [0, 0.1) is 6.92 Å². The Balaban J connectivity index is 1.58. The van der Waals surface area contributed by atoms with Crippen LogP contribution in [-0.4, -0.2) is 66.8 Å². The van der Waals surface area contributed by atoms with Crippen molar-refractivity contribution in [3.63, 3.8) is 0 Å². The molecule has 1 saturated heterocycles. The van der Waals surface area contributed by atoms with Gasteiger partial charge in [0.15, 0.2) is 0 Å². The number of nitrogens with zero attached hydrogens (tertiary/aromatic N) is 2. The van der Waals surface area contributed by atoms with E-state index in [1.54, 1.807) is 6.07 Å². The lowest BCUT2D eigenvalue weighted by atomic mass is 9.97. The zero-order valence-electron chi connectivity index (χ0n) is 23.5. The third-order valence-electron chi connectivity index (χ3n) is 7.19. The molecule has 43 heavy (non-hydrogen) atoms. The molecule has 1 aliphatic rings. The molecule has 1 amide bonds. The van der Waals surface area contributed by atoms with E-state index in [0.29, 0.717) is 38.4 Å². The number of ether oxygens (including phenoxy) is 2. The number of carbonyl (C=O) groups excluding carboxylic acids is 2. The van der Waals surface area contributed by atoms with E-state index in [2.05, 4.69) is 10.2 Å². The van der Waals surface area contributed by atoms with Gasteiger partial charge in [0.2, 0.25) is 0 Å². The van der Waals surface area contributed by atoms with Crippen molar-refractivity contribution < 1.29 is 32.2 Å². The monoisotopic (exact) mass is 639 g/mol. The third-order valence-corrected chi connectivity index (χ3v) is 7.82. The van der Waals surface area contributed by atoms with E-state index in [1.807, 2.05) is 0 Å². The summed E-state index contributed by atoms with van der Waals surface area (Å²) in [7, 11) is 1.40. The number of halogens is 5. The molecule has 13 heteroatoms. The van der Waals surface area contributed by atoms with Crippen LogP contribution < -0.4 is 10.9 Å². The van der Waals surface area contributed by atoms with Crippen LogP contribution in [0.3, 0.4) is 0 Å². The summed E-state index contributed by atoms with van der Waals surface area (Å²) < 4.78 is 53.5. The van der Waals surface area contributed by atoms with Crippen LogP contribution in [0.4, 0.5) is 13.2 Å². The molecule has 0 spiro atoms. The minimum atomic E-state index is -4.74. The van der Waals surface area contributed by atoms with Gasteiger partial charge in [0.05, 0.1) is 39.9 Å². The second kappa shape index (κ2) is 13.9. The van der Waals surface area contributed by atoms with Gasteiger partial charge >= 0.3 is 12.1 Å². The second-order valence-corrected chi connectivity index (χ2v) is 10.9. The Hall–Kier alpha value is -3.38. The molecule has 4 rings (SSSR count). The number of amides is 1. The van der Waals surface area contributed by atoms with E-state index in [4.69, 9.17) is 32.7 Å². The first kappa shape index (κ1) is 32.5. The molecule has 3 aromatic rings. The quantitative estimate of drug-likeness (QED) is 0.335. The van der Waals surface area contributed by atoms with Crippen molar-refractivity contribution in [2.75, 3.05) is 39.5 Å². The van der Waals surface area contributed by atoms with Gasteiger partial charge in [0.25, 0.3) is 11.5 Å². The number of morpholine rings is 1.